The van der Waals surface area contributed by atoms with Gasteiger partial charge in [-0.2, -0.15) is 0 Å². The summed E-state index contributed by atoms with van der Waals surface area (Å²) in [7, 11) is 0. The topological polar surface area (TPSA) is 86.7 Å². The summed E-state index contributed by atoms with van der Waals surface area (Å²) in [6.45, 7) is 3.81. The summed E-state index contributed by atoms with van der Waals surface area (Å²) in [5, 5.41) is 13.9. The predicted octanol–water partition coefficient (Wildman–Crippen LogP) is 3.66. The molecule has 2 aromatic rings. The smallest absolute Gasteiger partial charge is 0.324 e. The molecule has 2 saturated heterocycles. The number of para-hydroxylation sites is 1. The van der Waals surface area contributed by atoms with Crippen molar-refractivity contribution >= 4 is 35.1 Å². The number of carbonyl (C=O) groups excluding carboxylic acids is 2. The van der Waals surface area contributed by atoms with Crippen LogP contribution in [0.4, 0.5) is 5.69 Å². The average Bonchev–Trinajstić information content (AvgIpc) is 3.17. The van der Waals surface area contributed by atoms with Crippen LogP contribution in [0, 0.1) is 17.8 Å². The lowest BCUT2D eigenvalue weighted by atomic mass is 9.75. The summed E-state index contributed by atoms with van der Waals surface area (Å²) < 4.78 is 0. The normalized spacial score (nSPS) is 28.3. The minimum Gasteiger partial charge on any atom is -0.480 e. The maximum absolute atomic E-state index is 13.5. The number of nitrogens with one attached hydrogen (secondary N) is 1. The van der Waals surface area contributed by atoms with Crippen LogP contribution in [0.15, 0.2) is 54.6 Å². The SMILES string of the molecule is CC(C)CC1(C(=O)O)NC(c2cccc(Cl)c2)C2C(=O)N(c3ccccc3)C(=O)C21. The molecule has 2 N–H and O–H groups in total. The summed E-state index contributed by atoms with van der Waals surface area (Å²) in [6.07, 6.45) is 0.224. The summed E-state index contributed by atoms with van der Waals surface area (Å²) >= 11 is 6.17. The Hall–Kier alpha value is -2.70. The van der Waals surface area contributed by atoms with E-state index in [2.05, 4.69) is 5.32 Å². The van der Waals surface area contributed by atoms with E-state index in [0.717, 1.165) is 4.90 Å². The third kappa shape index (κ3) is 3.11. The monoisotopic (exact) mass is 426 g/mol. The van der Waals surface area contributed by atoms with Gasteiger partial charge in [-0.25, -0.2) is 4.90 Å². The second kappa shape index (κ2) is 7.52. The quantitative estimate of drug-likeness (QED) is 0.712. The highest BCUT2D eigenvalue weighted by atomic mass is 35.5. The molecule has 0 saturated carbocycles. The molecule has 0 aliphatic carbocycles. The van der Waals surface area contributed by atoms with Crippen LogP contribution in [0.2, 0.25) is 5.02 Å². The first-order chi connectivity index (χ1) is 14.3. The number of benzene rings is 2. The molecule has 0 aromatic heterocycles. The Kier molecular flexibility index (Phi) is 5.16. The van der Waals surface area contributed by atoms with Crippen molar-refractivity contribution in [3.05, 3.63) is 65.2 Å². The van der Waals surface area contributed by atoms with Crippen molar-refractivity contribution in [3.8, 4) is 0 Å². The van der Waals surface area contributed by atoms with Gasteiger partial charge in [0.15, 0.2) is 0 Å². The number of halogens is 1. The van der Waals surface area contributed by atoms with Crippen molar-refractivity contribution in [2.24, 2.45) is 17.8 Å². The fourth-order valence-electron chi connectivity index (χ4n) is 4.94. The van der Waals surface area contributed by atoms with Crippen LogP contribution in [0.3, 0.4) is 0 Å². The molecule has 0 radical (unpaired) electrons. The van der Waals surface area contributed by atoms with Crippen LogP contribution in [0.5, 0.6) is 0 Å². The van der Waals surface area contributed by atoms with E-state index >= 15 is 0 Å². The van der Waals surface area contributed by atoms with Crippen LogP contribution in [-0.2, 0) is 14.4 Å². The highest BCUT2D eigenvalue weighted by Gasteiger charge is 2.68. The van der Waals surface area contributed by atoms with Crippen LogP contribution in [0.1, 0.15) is 31.9 Å². The Balaban J connectivity index is 1.87. The van der Waals surface area contributed by atoms with Crippen molar-refractivity contribution in [1.29, 1.82) is 0 Å². The molecule has 2 amide bonds. The lowest BCUT2D eigenvalue weighted by Gasteiger charge is -2.32. The van der Waals surface area contributed by atoms with E-state index in [1.165, 1.54) is 0 Å². The van der Waals surface area contributed by atoms with Crippen LogP contribution < -0.4 is 10.2 Å². The van der Waals surface area contributed by atoms with Gasteiger partial charge in [0.05, 0.1) is 17.5 Å². The van der Waals surface area contributed by atoms with Crippen molar-refractivity contribution in [1.82, 2.24) is 5.32 Å². The van der Waals surface area contributed by atoms with Crippen LogP contribution in [0.25, 0.3) is 0 Å². The Bertz CT molecular complexity index is 1010. The Morgan fingerprint density at radius 3 is 2.43 bits per heavy atom. The average molecular weight is 427 g/mol. The van der Waals surface area contributed by atoms with Gasteiger partial charge in [-0.1, -0.05) is 55.8 Å². The molecular weight excluding hydrogens is 404 g/mol. The summed E-state index contributed by atoms with van der Waals surface area (Å²) in [4.78, 5) is 40.7. The second-order valence-electron chi connectivity index (χ2n) is 8.40. The number of hydrogen-bond acceptors (Lipinski definition) is 4. The summed E-state index contributed by atoms with van der Waals surface area (Å²) in [6, 6.07) is 15.0. The van der Waals surface area contributed by atoms with Gasteiger partial charge in [0.25, 0.3) is 0 Å². The molecule has 6 nitrogen and oxygen atoms in total. The van der Waals surface area contributed by atoms with Crippen molar-refractivity contribution in [3.63, 3.8) is 0 Å². The Labute approximate surface area is 179 Å². The Morgan fingerprint density at radius 1 is 1.13 bits per heavy atom. The number of rotatable bonds is 5. The minimum atomic E-state index is -1.54. The van der Waals surface area contributed by atoms with Crippen molar-refractivity contribution in [2.75, 3.05) is 4.90 Å². The third-order valence-electron chi connectivity index (χ3n) is 5.99. The fourth-order valence-corrected chi connectivity index (χ4v) is 5.14. The number of hydrogen-bond donors (Lipinski definition) is 2. The highest BCUT2D eigenvalue weighted by Crippen LogP contribution is 2.51. The van der Waals surface area contributed by atoms with E-state index in [-0.39, 0.29) is 18.2 Å². The van der Waals surface area contributed by atoms with E-state index < -0.39 is 35.3 Å². The largest absolute Gasteiger partial charge is 0.480 e. The number of carboxylic acids is 1. The van der Waals surface area contributed by atoms with E-state index in [9.17, 15) is 19.5 Å². The lowest BCUT2D eigenvalue weighted by molar-refractivity contribution is -0.149. The molecule has 7 heteroatoms. The molecule has 156 valence electrons. The molecule has 2 heterocycles. The molecule has 0 spiro atoms. The number of carboxylic acid groups (broad SMARTS) is 1. The zero-order valence-electron chi connectivity index (χ0n) is 16.7. The number of carbonyl (C=O) groups is 3. The standard InChI is InChI=1S/C23H23ClN2O4/c1-13(2)12-23(22(29)30)18-17(19(25-23)14-7-6-8-15(24)11-14)20(27)26(21(18)28)16-9-4-3-5-10-16/h3-11,13,17-19,25H,12H2,1-2H3,(H,29,30). The number of imide groups is 1. The number of aliphatic carboxylic acids is 1. The molecule has 30 heavy (non-hydrogen) atoms. The van der Waals surface area contributed by atoms with Crippen LogP contribution >= 0.6 is 11.6 Å². The molecule has 4 rings (SSSR count). The highest BCUT2D eigenvalue weighted by molar-refractivity contribution is 6.30. The van der Waals surface area contributed by atoms with Crippen molar-refractivity contribution in [2.45, 2.75) is 31.8 Å². The predicted molar refractivity (Wildman–Crippen MR) is 113 cm³/mol. The fraction of sp³-hybridized carbons (Fsp3) is 0.348. The minimum absolute atomic E-state index is 0.000962. The van der Waals surface area contributed by atoms with Gasteiger partial charge in [0, 0.05) is 11.1 Å². The number of fused-ring (bicyclic) bond motifs is 1. The van der Waals surface area contributed by atoms with Gasteiger partial charge in [0.1, 0.15) is 5.54 Å². The zero-order chi connectivity index (χ0) is 21.6. The van der Waals surface area contributed by atoms with Gasteiger partial charge in [-0.05, 0) is 42.2 Å². The molecule has 4 unspecified atom stereocenters. The number of nitrogens with zero attached hydrogens (tertiary/aromatic N) is 1. The van der Waals surface area contributed by atoms with Crippen LogP contribution in [-0.4, -0.2) is 28.4 Å². The van der Waals surface area contributed by atoms with Gasteiger partial charge < -0.3 is 5.11 Å². The van der Waals surface area contributed by atoms with Gasteiger partial charge in [0.2, 0.25) is 11.8 Å². The third-order valence-corrected chi connectivity index (χ3v) is 6.22. The number of amides is 2. The maximum atomic E-state index is 13.5. The summed E-state index contributed by atoms with van der Waals surface area (Å²) in [5.41, 5.74) is -0.390. The molecular formula is C23H23ClN2O4. The molecule has 2 aromatic carbocycles. The molecule has 2 fully saturated rings. The molecule has 4 atom stereocenters. The first-order valence-corrected chi connectivity index (χ1v) is 10.3. The zero-order valence-corrected chi connectivity index (χ0v) is 17.5. The van der Waals surface area contributed by atoms with Gasteiger partial charge >= 0.3 is 5.97 Å². The van der Waals surface area contributed by atoms with E-state index in [1.54, 1.807) is 54.6 Å². The maximum Gasteiger partial charge on any atom is 0.324 e. The lowest BCUT2D eigenvalue weighted by Crippen LogP contribution is -2.56. The summed E-state index contributed by atoms with van der Waals surface area (Å²) in [5.74, 6) is -3.82. The Morgan fingerprint density at radius 2 is 1.83 bits per heavy atom. The molecule has 0 bridgehead atoms. The van der Waals surface area contributed by atoms with E-state index in [4.69, 9.17) is 11.6 Å². The molecule has 2 aliphatic rings. The number of anilines is 1. The first-order valence-electron chi connectivity index (χ1n) is 9.95. The first kappa shape index (κ1) is 20.6. The second-order valence-corrected chi connectivity index (χ2v) is 8.84. The van der Waals surface area contributed by atoms with Gasteiger partial charge in [-0.3, -0.25) is 19.7 Å². The van der Waals surface area contributed by atoms with E-state index in [0.29, 0.717) is 16.3 Å². The molecule has 2 aliphatic heterocycles. The van der Waals surface area contributed by atoms with E-state index in [1.807, 2.05) is 13.8 Å². The van der Waals surface area contributed by atoms with Gasteiger partial charge in [-0.15, -0.1) is 0 Å². The van der Waals surface area contributed by atoms with Crippen molar-refractivity contribution < 1.29 is 19.5 Å².